The van der Waals surface area contributed by atoms with Gasteiger partial charge in [-0.15, -0.1) is 6.58 Å². The van der Waals surface area contributed by atoms with Gasteiger partial charge in [-0.25, -0.2) is 0 Å². The van der Waals surface area contributed by atoms with Gasteiger partial charge in [0.05, 0.1) is 8.07 Å². The largest absolute Gasteiger partial charge is 0.103 e. The van der Waals surface area contributed by atoms with Gasteiger partial charge >= 0.3 is 0 Å². The summed E-state index contributed by atoms with van der Waals surface area (Å²) in [5.74, 6) is 0.803. The van der Waals surface area contributed by atoms with Crippen molar-refractivity contribution in [1.82, 2.24) is 0 Å². The van der Waals surface area contributed by atoms with Crippen molar-refractivity contribution in [2.45, 2.75) is 25.1 Å². The lowest BCUT2D eigenvalue weighted by Gasteiger charge is -2.23. The number of hydrogen-bond acceptors (Lipinski definition) is 0. The first kappa shape index (κ1) is 9.72. The lowest BCUT2D eigenvalue weighted by molar-refractivity contribution is 1.11. The van der Waals surface area contributed by atoms with E-state index < -0.39 is 8.07 Å². The maximum absolute atomic E-state index is 3.90. The molecule has 0 heterocycles. The van der Waals surface area contributed by atoms with Gasteiger partial charge in [0.25, 0.3) is 0 Å². The molecule has 0 radical (unpaired) electrons. The standard InChI is InChI=1S/C13H18Si/c1-4-11-10-13(11)14(2,3)12-8-6-5-7-9-12/h4-9,11,13H,1,10H2,2-3H3/t11-,13-/m0/s1. The Balaban J connectivity index is 2.21. The first-order chi connectivity index (χ1) is 6.66. The van der Waals surface area contributed by atoms with Gasteiger partial charge in [0, 0.05) is 0 Å². The summed E-state index contributed by atoms with van der Waals surface area (Å²) >= 11 is 0. The van der Waals surface area contributed by atoms with E-state index in [1.807, 2.05) is 0 Å². The normalized spacial score (nSPS) is 25.9. The van der Waals surface area contributed by atoms with E-state index in [0.29, 0.717) is 0 Å². The zero-order chi connectivity index (χ0) is 10.2. The molecule has 0 N–H and O–H groups in total. The molecule has 1 fully saturated rings. The average molecular weight is 202 g/mol. The molecule has 1 aromatic carbocycles. The molecule has 0 amide bonds. The van der Waals surface area contributed by atoms with Crippen LogP contribution < -0.4 is 5.19 Å². The fraction of sp³-hybridized carbons (Fsp3) is 0.385. The van der Waals surface area contributed by atoms with Crippen LogP contribution in [0, 0.1) is 5.92 Å². The van der Waals surface area contributed by atoms with Crippen molar-refractivity contribution >= 4 is 13.3 Å². The van der Waals surface area contributed by atoms with Gasteiger partial charge < -0.3 is 0 Å². The second-order valence-electron chi connectivity index (χ2n) is 4.83. The van der Waals surface area contributed by atoms with E-state index in [0.717, 1.165) is 11.5 Å². The molecule has 1 aliphatic carbocycles. The quantitative estimate of drug-likeness (QED) is 0.522. The van der Waals surface area contributed by atoms with Crippen molar-refractivity contribution < 1.29 is 0 Å². The van der Waals surface area contributed by atoms with E-state index in [1.165, 1.54) is 6.42 Å². The van der Waals surface area contributed by atoms with Gasteiger partial charge in [-0.1, -0.05) is 54.7 Å². The molecule has 0 saturated heterocycles. The van der Waals surface area contributed by atoms with Crippen molar-refractivity contribution in [2.75, 3.05) is 0 Å². The lowest BCUT2D eigenvalue weighted by atomic mass is 10.4. The second-order valence-corrected chi connectivity index (χ2v) is 9.59. The molecule has 74 valence electrons. The second kappa shape index (κ2) is 3.39. The Labute approximate surface area is 87.7 Å². The molecule has 0 nitrogen and oxygen atoms in total. The van der Waals surface area contributed by atoms with Crippen LogP contribution in [0.4, 0.5) is 0 Å². The molecule has 0 aliphatic heterocycles. The van der Waals surface area contributed by atoms with E-state index in [9.17, 15) is 0 Å². The van der Waals surface area contributed by atoms with Gasteiger partial charge in [0.2, 0.25) is 0 Å². The van der Waals surface area contributed by atoms with Crippen molar-refractivity contribution in [3.05, 3.63) is 43.0 Å². The maximum Gasteiger partial charge on any atom is 0.0842 e. The third-order valence-electron chi connectivity index (χ3n) is 3.59. The van der Waals surface area contributed by atoms with Crippen LogP contribution >= 0.6 is 0 Å². The maximum atomic E-state index is 3.90. The molecule has 2 rings (SSSR count). The van der Waals surface area contributed by atoms with Gasteiger partial charge in [0.15, 0.2) is 0 Å². The third-order valence-corrected chi connectivity index (χ3v) is 7.93. The Morgan fingerprint density at radius 1 is 1.29 bits per heavy atom. The minimum atomic E-state index is -1.20. The summed E-state index contributed by atoms with van der Waals surface area (Å²) in [4.78, 5) is 0. The summed E-state index contributed by atoms with van der Waals surface area (Å²) < 4.78 is 0. The third kappa shape index (κ3) is 1.57. The van der Waals surface area contributed by atoms with Crippen molar-refractivity contribution in [2.24, 2.45) is 5.92 Å². The van der Waals surface area contributed by atoms with E-state index in [1.54, 1.807) is 5.19 Å². The molecule has 1 aromatic rings. The van der Waals surface area contributed by atoms with Crippen molar-refractivity contribution in [3.8, 4) is 0 Å². The van der Waals surface area contributed by atoms with Crippen LogP contribution in [0.1, 0.15) is 6.42 Å². The van der Waals surface area contributed by atoms with E-state index >= 15 is 0 Å². The van der Waals surface area contributed by atoms with Crippen LogP contribution in [0.3, 0.4) is 0 Å². The minimum Gasteiger partial charge on any atom is -0.103 e. The first-order valence-electron chi connectivity index (χ1n) is 5.34. The predicted octanol–water partition coefficient (Wildman–Crippen LogP) is 3.18. The smallest absolute Gasteiger partial charge is 0.0842 e. The van der Waals surface area contributed by atoms with Gasteiger partial charge in [-0.2, -0.15) is 0 Å². The molecule has 14 heavy (non-hydrogen) atoms. The lowest BCUT2D eigenvalue weighted by Crippen LogP contribution is -2.42. The minimum absolute atomic E-state index is 0.803. The summed E-state index contributed by atoms with van der Waals surface area (Å²) in [7, 11) is -1.20. The zero-order valence-electron chi connectivity index (χ0n) is 9.03. The highest BCUT2D eigenvalue weighted by Crippen LogP contribution is 2.51. The summed E-state index contributed by atoms with van der Waals surface area (Å²) in [5.41, 5.74) is 0.933. The molecular formula is C13H18Si. The van der Waals surface area contributed by atoms with Gasteiger partial charge in [-0.3, -0.25) is 0 Å². The van der Waals surface area contributed by atoms with Crippen LogP contribution in [0.15, 0.2) is 43.0 Å². The number of allylic oxidation sites excluding steroid dienone is 1. The molecule has 1 aliphatic rings. The number of benzene rings is 1. The highest BCUT2D eigenvalue weighted by Gasteiger charge is 2.47. The number of rotatable bonds is 3. The Morgan fingerprint density at radius 2 is 1.93 bits per heavy atom. The summed E-state index contributed by atoms with van der Waals surface area (Å²) in [6, 6.07) is 11.0. The molecule has 2 atom stereocenters. The van der Waals surface area contributed by atoms with E-state index in [-0.39, 0.29) is 0 Å². The Kier molecular flexibility index (Phi) is 2.36. The van der Waals surface area contributed by atoms with Gasteiger partial charge in [0.1, 0.15) is 0 Å². The highest BCUT2D eigenvalue weighted by atomic mass is 28.3. The van der Waals surface area contributed by atoms with Gasteiger partial charge in [-0.05, 0) is 17.9 Å². The molecule has 1 saturated carbocycles. The Hall–Kier alpha value is -0.823. The van der Waals surface area contributed by atoms with E-state index in [2.05, 4.69) is 56.1 Å². The van der Waals surface area contributed by atoms with Crippen molar-refractivity contribution in [1.29, 1.82) is 0 Å². The fourth-order valence-corrected chi connectivity index (χ4v) is 5.93. The molecule has 0 unspecified atom stereocenters. The monoisotopic (exact) mass is 202 g/mol. The summed E-state index contributed by atoms with van der Waals surface area (Å²) in [6.45, 7) is 8.87. The average Bonchev–Trinajstić information content (AvgIpc) is 2.98. The van der Waals surface area contributed by atoms with E-state index in [4.69, 9.17) is 0 Å². The molecule has 0 spiro atoms. The summed E-state index contributed by atoms with van der Waals surface area (Å²) in [5, 5.41) is 1.59. The van der Waals surface area contributed by atoms with Crippen LogP contribution in [0.2, 0.25) is 18.6 Å². The fourth-order valence-electron chi connectivity index (χ4n) is 2.39. The predicted molar refractivity (Wildman–Crippen MR) is 65.6 cm³/mol. The first-order valence-corrected chi connectivity index (χ1v) is 8.42. The summed E-state index contributed by atoms with van der Waals surface area (Å²) in [6.07, 6.45) is 3.51. The molecular weight excluding hydrogens is 184 g/mol. The molecule has 0 bridgehead atoms. The van der Waals surface area contributed by atoms with Crippen LogP contribution in [0.5, 0.6) is 0 Å². The number of hydrogen-bond donors (Lipinski definition) is 0. The Morgan fingerprint density at radius 3 is 2.43 bits per heavy atom. The Bertz CT molecular complexity index is 326. The highest BCUT2D eigenvalue weighted by molar-refractivity contribution is 6.91. The van der Waals surface area contributed by atoms with Crippen LogP contribution in [0.25, 0.3) is 0 Å². The SMILES string of the molecule is C=C[C@H]1C[C@@H]1[Si](C)(C)c1ccccc1. The topological polar surface area (TPSA) is 0 Å². The van der Waals surface area contributed by atoms with Crippen molar-refractivity contribution in [3.63, 3.8) is 0 Å². The molecule has 1 heteroatoms. The zero-order valence-corrected chi connectivity index (χ0v) is 10.0. The van der Waals surface area contributed by atoms with Crippen LogP contribution in [-0.2, 0) is 0 Å². The molecule has 0 aromatic heterocycles. The van der Waals surface area contributed by atoms with Crippen LogP contribution in [-0.4, -0.2) is 8.07 Å².